The van der Waals surface area contributed by atoms with Gasteiger partial charge >= 0.3 is 0 Å². The Morgan fingerprint density at radius 3 is 2.19 bits per heavy atom. The van der Waals surface area contributed by atoms with Crippen molar-refractivity contribution >= 4 is 37.6 Å². The van der Waals surface area contributed by atoms with E-state index in [0.717, 1.165) is 52.8 Å². The molecule has 3 aromatic rings. The Morgan fingerprint density at radius 2 is 1.50 bits per heavy atom. The number of thiophene rings is 1. The van der Waals surface area contributed by atoms with Crippen LogP contribution < -0.4 is 4.90 Å². The number of halogens is 1. The smallest absolute Gasteiger partial charge is 0.282 e. The molecule has 0 atom stereocenters. The van der Waals surface area contributed by atoms with Crippen LogP contribution in [0.5, 0.6) is 0 Å². The Balaban J connectivity index is 1.38. The fraction of sp³-hybridized carbons (Fsp3) is 0.455. The molecular weight excluding hydrogens is 449 g/mol. The minimum Gasteiger partial charge on any atom is -0.353 e. The summed E-state index contributed by atoms with van der Waals surface area (Å²) < 4.78 is 43.0. The second-order valence-corrected chi connectivity index (χ2v) is 11.0. The molecule has 0 amide bonds. The lowest BCUT2D eigenvalue weighted by atomic mass is 10.1. The largest absolute Gasteiger partial charge is 0.353 e. The number of aromatic nitrogens is 2. The van der Waals surface area contributed by atoms with Gasteiger partial charge in [0.15, 0.2) is 0 Å². The summed E-state index contributed by atoms with van der Waals surface area (Å²) >= 11 is 1.53. The van der Waals surface area contributed by atoms with Crippen LogP contribution in [0.3, 0.4) is 0 Å². The Morgan fingerprint density at radius 1 is 0.844 bits per heavy atom. The van der Waals surface area contributed by atoms with E-state index in [2.05, 4.69) is 14.9 Å². The van der Waals surface area contributed by atoms with Crippen molar-refractivity contribution in [2.45, 2.75) is 25.7 Å². The molecule has 0 unspecified atom stereocenters. The van der Waals surface area contributed by atoms with Crippen LogP contribution in [0.25, 0.3) is 21.3 Å². The van der Waals surface area contributed by atoms with Crippen LogP contribution in [0.2, 0.25) is 0 Å². The molecule has 7 nitrogen and oxygen atoms in total. The fourth-order valence-electron chi connectivity index (χ4n) is 4.51. The molecule has 10 heteroatoms. The summed E-state index contributed by atoms with van der Waals surface area (Å²) in [5.74, 6) is 0.536. The summed E-state index contributed by atoms with van der Waals surface area (Å²) in [4.78, 5) is 12.0. The maximum Gasteiger partial charge on any atom is 0.282 e. The predicted octanol–water partition coefficient (Wildman–Crippen LogP) is 3.74. The van der Waals surface area contributed by atoms with Crippen LogP contribution in [-0.2, 0) is 10.2 Å². The van der Waals surface area contributed by atoms with Gasteiger partial charge in [-0.15, -0.1) is 11.3 Å². The van der Waals surface area contributed by atoms with E-state index >= 15 is 0 Å². The van der Waals surface area contributed by atoms with Crippen LogP contribution in [0.1, 0.15) is 25.7 Å². The minimum atomic E-state index is -3.43. The number of rotatable bonds is 4. The number of benzene rings is 1. The Kier molecular flexibility index (Phi) is 6.11. The molecule has 4 heterocycles. The van der Waals surface area contributed by atoms with E-state index in [0.29, 0.717) is 39.3 Å². The van der Waals surface area contributed by atoms with Gasteiger partial charge < -0.3 is 4.90 Å². The summed E-state index contributed by atoms with van der Waals surface area (Å²) in [6.45, 7) is 3.23. The number of piperazine rings is 1. The highest BCUT2D eigenvalue weighted by molar-refractivity contribution is 7.86. The second kappa shape index (κ2) is 9.01. The first-order valence-corrected chi connectivity index (χ1v) is 13.3. The van der Waals surface area contributed by atoms with E-state index in [9.17, 15) is 12.8 Å². The maximum atomic E-state index is 13.4. The number of fused-ring (bicyclic) bond motifs is 1. The third-order valence-corrected chi connectivity index (χ3v) is 9.18. The first-order chi connectivity index (χ1) is 15.5. The number of hydrogen-bond donors (Lipinski definition) is 0. The third-order valence-electron chi connectivity index (χ3n) is 6.26. The highest BCUT2D eigenvalue weighted by Gasteiger charge is 2.33. The molecule has 2 saturated heterocycles. The minimum absolute atomic E-state index is 0.272. The normalized spacial score (nSPS) is 19.3. The van der Waals surface area contributed by atoms with Crippen molar-refractivity contribution in [1.82, 2.24) is 18.6 Å². The van der Waals surface area contributed by atoms with Gasteiger partial charge in [-0.05, 0) is 30.5 Å². The van der Waals surface area contributed by atoms with Crippen molar-refractivity contribution in [1.29, 1.82) is 0 Å². The Hall–Kier alpha value is -2.14. The van der Waals surface area contributed by atoms with E-state index in [1.54, 1.807) is 27.1 Å². The Labute approximate surface area is 191 Å². The van der Waals surface area contributed by atoms with Gasteiger partial charge in [0.1, 0.15) is 22.8 Å². The number of anilines is 1. The molecule has 2 aliphatic heterocycles. The van der Waals surface area contributed by atoms with Crippen LogP contribution in [0, 0.1) is 5.82 Å². The highest BCUT2D eigenvalue weighted by Crippen LogP contribution is 2.38. The Bertz CT molecular complexity index is 1180. The molecule has 32 heavy (non-hydrogen) atoms. The highest BCUT2D eigenvalue weighted by atomic mass is 32.2. The van der Waals surface area contributed by atoms with Crippen LogP contribution in [0.15, 0.2) is 36.0 Å². The molecule has 0 spiro atoms. The lowest BCUT2D eigenvalue weighted by molar-refractivity contribution is 0.327. The van der Waals surface area contributed by atoms with Crippen LogP contribution in [-0.4, -0.2) is 66.3 Å². The molecule has 2 aromatic heterocycles. The molecular formula is C22H26FN5O2S2. The summed E-state index contributed by atoms with van der Waals surface area (Å²) in [5.41, 5.74) is 1.89. The molecule has 2 fully saturated rings. The summed E-state index contributed by atoms with van der Waals surface area (Å²) in [5, 5.41) is 2.96. The fourth-order valence-corrected chi connectivity index (χ4v) is 7.09. The maximum absolute atomic E-state index is 13.4. The summed E-state index contributed by atoms with van der Waals surface area (Å²) in [6.07, 6.45) is 5.62. The molecule has 0 radical (unpaired) electrons. The van der Waals surface area contributed by atoms with E-state index in [-0.39, 0.29) is 5.82 Å². The summed E-state index contributed by atoms with van der Waals surface area (Å²) in [6, 6.07) is 6.43. The van der Waals surface area contributed by atoms with Gasteiger partial charge in [-0.3, -0.25) is 0 Å². The molecule has 2 aliphatic rings. The average molecular weight is 476 g/mol. The van der Waals surface area contributed by atoms with Gasteiger partial charge in [0, 0.05) is 50.2 Å². The van der Waals surface area contributed by atoms with Crippen molar-refractivity contribution in [3.63, 3.8) is 0 Å². The zero-order valence-corrected chi connectivity index (χ0v) is 19.4. The topological polar surface area (TPSA) is 69.6 Å². The zero-order chi connectivity index (χ0) is 22.1. The van der Waals surface area contributed by atoms with Crippen molar-refractivity contribution in [2.75, 3.05) is 44.2 Å². The van der Waals surface area contributed by atoms with Gasteiger partial charge in [0.2, 0.25) is 0 Å². The predicted molar refractivity (Wildman–Crippen MR) is 126 cm³/mol. The molecule has 0 N–H and O–H groups in total. The van der Waals surface area contributed by atoms with E-state index in [4.69, 9.17) is 0 Å². The van der Waals surface area contributed by atoms with Gasteiger partial charge in [-0.1, -0.05) is 25.0 Å². The van der Waals surface area contributed by atoms with Crippen molar-refractivity contribution in [3.05, 3.63) is 41.8 Å². The van der Waals surface area contributed by atoms with Crippen LogP contribution >= 0.6 is 11.3 Å². The SMILES string of the molecule is O=S(=O)(N1CCCCCC1)N1CCN(c2ncnc3scc(-c4ccc(F)cc4)c23)CC1. The molecule has 5 rings (SSSR count). The van der Waals surface area contributed by atoms with Gasteiger partial charge in [-0.25, -0.2) is 14.4 Å². The molecule has 0 aliphatic carbocycles. The molecule has 0 bridgehead atoms. The van der Waals surface area contributed by atoms with Gasteiger partial charge in [0.05, 0.1) is 5.39 Å². The quantitative estimate of drug-likeness (QED) is 0.575. The number of nitrogens with zero attached hydrogens (tertiary/aromatic N) is 5. The molecule has 170 valence electrons. The lowest BCUT2D eigenvalue weighted by Gasteiger charge is -2.37. The standard InChI is InChI=1S/C22H26FN5O2S2/c23-18-7-5-17(6-8-18)19-15-31-22-20(19)21(24-16-25-22)26-11-13-28(14-12-26)32(29,30)27-9-3-1-2-4-10-27/h5-8,15-16H,1-4,9-14H2. The zero-order valence-electron chi connectivity index (χ0n) is 17.8. The van der Waals surface area contributed by atoms with Crippen molar-refractivity contribution in [3.8, 4) is 11.1 Å². The monoisotopic (exact) mass is 475 g/mol. The van der Waals surface area contributed by atoms with E-state index in [1.165, 1.54) is 23.5 Å². The van der Waals surface area contributed by atoms with Gasteiger partial charge in [-0.2, -0.15) is 17.0 Å². The summed E-state index contributed by atoms with van der Waals surface area (Å²) in [7, 11) is -3.43. The number of hydrogen-bond acceptors (Lipinski definition) is 6. The first kappa shape index (κ1) is 21.7. The average Bonchev–Trinajstić information content (AvgIpc) is 3.05. The third kappa shape index (κ3) is 4.12. The van der Waals surface area contributed by atoms with Crippen molar-refractivity contribution < 1.29 is 12.8 Å². The van der Waals surface area contributed by atoms with E-state index in [1.807, 2.05) is 5.38 Å². The lowest BCUT2D eigenvalue weighted by Crippen LogP contribution is -2.53. The van der Waals surface area contributed by atoms with Crippen molar-refractivity contribution in [2.24, 2.45) is 0 Å². The van der Waals surface area contributed by atoms with Crippen LogP contribution in [0.4, 0.5) is 10.2 Å². The molecule has 1 aromatic carbocycles. The second-order valence-electron chi connectivity index (χ2n) is 8.24. The first-order valence-electron chi connectivity index (χ1n) is 11.0. The molecule has 0 saturated carbocycles. The van der Waals surface area contributed by atoms with E-state index < -0.39 is 10.2 Å². The van der Waals surface area contributed by atoms with Gasteiger partial charge in [0.25, 0.3) is 10.2 Å².